The fourth-order valence-electron chi connectivity index (χ4n) is 1.83. The van der Waals surface area contributed by atoms with E-state index >= 15 is 0 Å². The summed E-state index contributed by atoms with van der Waals surface area (Å²) in [6, 6.07) is 6.61. The highest BCUT2D eigenvalue weighted by molar-refractivity contribution is 6.30. The average molecular weight is 354 g/mol. The molecule has 7 heteroatoms. The Bertz CT molecular complexity index is 559. The first-order valence-electron chi connectivity index (χ1n) is 7.98. The Morgan fingerprint density at radius 3 is 2.21 bits per heavy atom. The lowest BCUT2D eigenvalue weighted by Gasteiger charge is -2.09. The van der Waals surface area contributed by atoms with E-state index in [2.05, 4.69) is 16.0 Å². The molecule has 0 atom stereocenters. The van der Waals surface area contributed by atoms with Crippen molar-refractivity contribution in [1.29, 1.82) is 0 Å². The van der Waals surface area contributed by atoms with Crippen LogP contribution in [0.5, 0.6) is 0 Å². The summed E-state index contributed by atoms with van der Waals surface area (Å²) in [5.41, 5.74) is 0.532. The highest BCUT2D eigenvalue weighted by Gasteiger charge is 2.07. The number of benzene rings is 1. The maximum absolute atomic E-state index is 11.8. The van der Waals surface area contributed by atoms with E-state index < -0.39 is 0 Å². The molecule has 0 radical (unpaired) electrons. The van der Waals surface area contributed by atoms with Gasteiger partial charge in [0, 0.05) is 42.6 Å². The van der Waals surface area contributed by atoms with Crippen molar-refractivity contribution in [3.05, 3.63) is 34.9 Å². The smallest absolute Gasteiger partial charge is 0.251 e. The van der Waals surface area contributed by atoms with Crippen molar-refractivity contribution in [2.75, 3.05) is 19.6 Å². The normalized spacial score (nSPS) is 10.3. The molecule has 0 aromatic heterocycles. The predicted octanol–water partition coefficient (Wildman–Crippen LogP) is 1.74. The Morgan fingerprint density at radius 1 is 0.958 bits per heavy atom. The van der Waals surface area contributed by atoms with Gasteiger partial charge in [0.15, 0.2) is 0 Å². The number of rotatable bonds is 9. The maximum Gasteiger partial charge on any atom is 0.251 e. The van der Waals surface area contributed by atoms with Crippen LogP contribution in [0.1, 0.15) is 37.0 Å². The third kappa shape index (κ3) is 7.97. The molecule has 0 fully saturated rings. The van der Waals surface area contributed by atoms with Gasteiger partial charge in [-0.25, -0.2) is 0 Å². The Kier molecular flexibility index (Phi) is 8.86. The van der Waals surface area contributed by atoms with E-state index in [0.29, 0.717) is 43.1 Å². The van der Waals surface area contributed by atoms with Crippen LogP contribution < -0.4 is 16.0 Å². The number of hydrogen-bond donors (Lipinski definition) is 3. The summed E-state index contributed by atoms with van der Waals surface area (Å²) < 4.78 is 0. The summed E-state index contributed by atoms with van der Waals surface area (Å²) in [4.78, 5) is 34.8. The molecule has 3 N–H and O–H groups in total. The first-order chi connectivity index (χ1) is 11.4. The third-order valence-corrected chi connectivity index (χ3v) is 3.50. The number of carbonyl (C=O) groups excluding carboxylic acids is 3. The van der Waals surface area contributed by atoms with E-state index in [-0.39, 0.29) is 23.6 Å². The van der Waals surface area contributed by atoms with E-state index in [1.807, 2.05) is 13.8 Å². The van der Waals surface area contributed by atoms with Gasteiger partial charge in [-0.05, 0) is 30.7 Å². The minimum Gasteiger partial charge on any atom is -0.354 e. The van der Waals surface area contributed by atoms with Crippen LogP contribution in [0.2, 0.25) is 5.02 Å². The zero-order valence-electron chi connectivity index (χ0n) is 14.0. The van der Waals surface area contributed by atoms with Crippen molar-refractivity contribution >= 4 is 29.3 Å². The fraction of sp³-hybridized carbons (Fsp3) is 0.471. The van der Waals surface area contributed by atoms with Gasteiger partial charge in [-0.15, -0.1) is 0 Å². The van der Waals surface area contributed by atoms with Gasteiger partial charge < -0.3 is 16.0 Å². The van der Waals surface area contributed by atoms with Crippen molar-refractivity contribution in [2.24, 2.45) is 5.92 Å². The highest BCUT2D eigenvalue weighted by Crippen LogP contribution is 2.09. The summed E-state index contributed by atoms with van der Waals surface area (Å²) in [7, 11) is 0. The second kappa shape index (κ2) is 10.6. The van der Waals surface area contributed by atoms with Crippen LogP contribution in [0, 0.1) is 5.92 Å². The lowest BCUT2D eigenvalue weighted by Crippen LogP contribution is -2.36. The van der Waals surface area contributed by atoms with Gasteiger partial charge in [0.05, 0.1) is 0 Å². The Morgan fingerprint density at radius 2 is 1.58 bits per heavy atom. The van der Waals surface area contributed by atoms with Crippen molar-refractivity contribution < 1.29 is 14.4 Å². The van der Waals surface area contributed by atoms with E-state index in [1.165, 1.54) is 0 Å². The monoisotopic (exact) mass is 353 g/mol. The van der Waals surface area contributed by atoms with Crippen LogP contribution in [0.15, 0.2) is 24.3 Å². The van der Waals surface area contributed by atoms with Crippen LogP contribution in [-0.4, -0.2) is 37.4 Å². The van der Waals surface area contributed by atoms with Crippen LogP contribution in [-0.2, 0) is 9.59 Å². The lowest BCUT2D eigenvalue weighted by atomic mass is 10.2. The molecule has 1 aromatic carbocycles. The van der Waals surface area contributed by atoms with Crippen LogP contribution >= 0.6 is 11.6 Å². The van der Waals surface area contributed by atoms with Gasteiger partial charge in [0.1, 0.15) is 0 Å². The molecule has 0 bridgehead atoms. The van der Waals surface area contributed by atoms with Gasteiger partial charge >= 0.3 is 0 Å². The number of halogens is 1. The van der Waals surface area contributed by atoms with E-state index in [1.54, 1.807) is 24.3 Å². The Labute approximate surface area is 147 Å². The van der Waals surface area contributed by atoms with Crippen molar-refractivity contribution in [3.63, 3.8) is 0 Å². The molecular formula is C17H24ClN3O3. The number of amides is 3. The zero-order chi connectivity index (χ0) is 17.9. The van der Waals surface area contributed by atoms with Gasteiger partial charge in [-0.3, -0.25) is 14.4 Å². The molecule has 1 aromatic rings. The van der Waals surface area contributed by atoms with Crippen LogP contribution in [0.25, 0.3) is 0 Å². The molecule has 24 heavy (non-hydrogen) atoms. The van der Waals surface area contributed by atoms with Crippen LogP contribution in [0.3, 0.4) is 0 Å². The molecule has 0 saturated carbocycles. The molecule has 0 heterocycles. The lowest BCUT2D eigenvalue weighted by molar-refractivity contribution is -0.124. The molecule has 6 nitrogen and oxygen atoms in total. The first-order valence-corrected chi connectivity index (χ1v) is 8.36. The quantitative estimate of drug-likeness (QED) is 0.591. The molecule has 0 aliphatic rings. The number of nitrogens with one attached hydrogen (secondary N) is 3. The summed E-state index contributed by atoms with van der Waals surface area (Å²) in [5.74, 6) is -0.392. The standard InChI is InChI=1S/C17H24ClN3O3/c1-12(2)16(23)21-11-10-19-15(22)4-3-9-20-17(24)13-5-7-14(18)8-6-13/h5-8,12H,3-4,9-11H2,1-2H3,(H,19,22)(H,20,24)(H,21,23). The molecule has 0 aliphatic heterocycles. The molecule has 1 rings (SSSR count). The van der Waals surface area contributed by atoms with Gasteiger partial charge in [-0.1, -0.05) is 25.4 Å². The molecule has 0 saturated heterocycles. The minimum absolute atomic E-state index is 0.0332. The Hall–Kier alpha value is -2.08. The van der Waals surface area contributed by atoms with E-state index in [0.717, 1.165) is 0 Å². The van der Waals surface area contributed by atoms with Crippen molar-refractivity contribution in [2.45, 2.75) is 26.7 Å². The number of carbonyl (C=O) groups is 3. The summed E-state index contributed by atoms with van der Waals surface area (Å²) >= 11 is 5.76. The van der Waals surface area contributed by atoms with Crippen LogP contribution in [0.4, 0.5) is 0 Å². The molecule has 0 spiro atoms. The van der Waals surface area contributed by atoms with Gasteiger partial charge in [0.2, 0.25) is 11.8 Å². The highest BCUT2D eigenvalue weighted by atomic mass is 35.5. The third-order valence-electron chi connectivity index (χ3n) is 3.24. The summed E-state index contributed by atoms with van der Waals surface area (Å²) in [5, 5.41) is 8.77. The van der Waals surface area contributed by atoms with Gasteiger partial charge in [0.25, 0.3) is 5.91 Å². The molecular weight excluding hydrogens is 330 g/mol. The van der Waals surface area contributed by atoms with E-state index in [4.69, 9.17) is 11.6 Å². The van der Waals surface area contributed by atoms with E-state index in [9.17, 15) is 14.4 Å². The summed E-state index contributed by atoms with van der Waals surface area (Å²) in [6.07, 6.45) is 0.864. The summed E-state index contributed by atoms with van der Waals surface area (Å²) in [6.45, 7) is 4.85. The predicted molar refractivity (Wildman–Crippen MR) is 93.9 cm³/mol. The molecule has 0 aliphatic carbocycles. The van der Waals surface area contributed by atoms with Crippen molar-refractivity contribution in [3.8, 4) is 0 Å². The SMILES string of the molecule is CC(C)C(=O)NCCNC(=O)CCCNC(=O)c1ccc(Cl)cc1. The molecule has 132 valence electrons. The van der Waals surface area contributed by atoms with Crippen molar-refractivity contribution in [1.82, 2.24) is 16.0 Å². The minimum atomic E-state index is -0.191. The molecule has 0 unspecified atom stereocenters. The Balaban J connectivity index is 2.10. The topological polar surface area (TPSA) is 87.3 Å². The fourth-order valence-corrected chi connectivity index (χ4v) is 1.96. The second-order valence-electron chi connectivity index (χ2n) is 5.66. The first kappa shape index (κ1) is 20.0. The van der Waals surface area contributed by atoms with Gasteiger partial charge in [-0.2, -0.15) is 0 Å². The average Bonchev–Trinajstić information content (AvgIpc) is 2.55. The maximum atomic E-state index is 11.8. The molecule has 3 amide bonds. The largest absolute Gasteiger partial charge is 0.354 e. The zero-order valence-corrected chi connectivity index (χ0v) is 14.8. The second-order valence-corrected chi connectivity index (χ2v) is 6.10. The number of hydrogen-bond acceptors (Lipinski definition) is 3.